The van der Waals surface area contributed by atoms with E-state index in [-0.39, 0.29) is 11.8 Å². The van der Waals surface area contributed by atoms with E-state index in [9.17, 15) is 4.79 Å². The van der Waals surface area contributed by atoms with Gasteiger partial charge in [0.15, 0.2) is 0 Å². The predicted molar refractivity (Wildman–Crippen MR) is 112 cm³/mol. The molecule has 2 aromatic carbocycles. The van der Waals surface area contributed by atoms with E-state index in [1.807, 2.05) is 24.3 Å². The van der Waals surface area contributed by atoms with Crippen LogP contribution in [0.3, 0.4) is 0 Å². The lowest BCUT2D eigenvalue weighted by molar-refractivity contribution is -0.122. The molecule has 28 heavy (non-hydrogen) atoms. The van der Waals surface area contributed by atoms with Gasteiger partial charge in [0.05, 0.1) is 17.0 Å². The molecule has 1 unspecified atom stereocenters. The number of benzene rings is 2. The van der Waals surface area contributed by atoms with Crippen molar-refractivity contribution in [2.45, 2.75) is 26.7 Å². The average molecular weight is 367 g/mol. The van der Waals surface area contributed by atoms with Gasteiger partial charge in [-0.1, -0.05) is 59.7 Å². The molecule has 0 fully saturated rings. The minimum Gasteiger partial charge on any atom is -0.267 e. The molecule has 2 heterocycles. The average Bonchev–Trinajstić information content (AvgIpc) is 3.27. The lowest BCUT2D eigenvalue weighted by atomic mass is 9.79. The van der Waals surface area contributed by atoms with Crippen LogP contribution in [0.5, 0.6) is 0 Å². The highest BCUT2D eigenvalue weighted by atomic mass is 16.2. The summed E-state index contributed by atoms with van der Waals surface area (Å²) in [7, 11) is 0. The van der Waals surface area contributed by atoms with Crippen molar-refractivity contribution in [2.75, 3.05) is 0 Å². The molecule has 3 aliphatic rings. The second-order valence-electron chi connectivity index (χ2n) is 7.62. The third-order valence-corrected chi connectivity index (χ3v) is 5.82. The van der Waals surface area contributed by atoms with E-state index >= 15 is 0 Å². The molecule has 4 heteroatoms. The van der Waals surface area contributed by atoms with E-state index in [0.717, 1.165) is 34.5 Å². The zero-order valence-electron chi connectivity index (χ0n) is 16.0. The summed E-state index contributed by atoms with van der Waals surface area (Å²) in [4.78, 5) is 17.9. The molecular weight excluding hydrogens is 346 g/mol. The largest absolute Gasteiger partial charge is 0.282 e. The molecule has 1 atom stereocenters. The van der Waals surface area contributed by atoms with Gasteiger partial charge in [0.25, 0.3) is 5.91 Å². The molecule has 138 valence electrons. The fourth-order valence-electron chi connectivity index (χ4n) is 4.30. The predicted octanol–water partition coefficient (Wildman–Crippen LogP) is 4.61. The number of carbonyl (C=O) groups is 1. The zero-order chi connectivity index (χ0) is 19.3. The van der Waals surface area contributed by atoms with Crippen LogP contribution in [0.25, 0.3) is 0 Å². The number of hydrogen-bond acceptors (Lipinski definition) is 3. The number of hydrogen-bond donors (Lipinski definition) is 0. The third-order valence-electron chi connectivity index (χ3n) is 5.82. The smallest absolute Gasteiger partial charge is 0.267 e. The fourth-order valence-corrected chi connectivity index (χ4v) is 4.30. The molecule has 0 spiro atoms. The highest BCUT2D eigenvalue weighted by molar-refractivity contribution is 6.33. The number of fused-ring (bicyclic) bond motifs is 2. The molecule has 5 rings (SSSR count). The fraction of sp³-hybridized carbons (Fsp3) is 0.208. The first kappa shape index (κ1) is 16.9. The lowest BCUT2D eigenvalue weighted by Gasteiger charge is -2.24. The molecule has 0 saturated carbocycles. The Morgan fingerprint density at radius 3 is 2.57 bits per heavy atom. The van der Waals surface area contributed by atoms with E-state index in [2.05, 4.69) is 60.3 Å². The first-order valence-corrected chi connectivity index (χ1v) is 9.63. The number of para-hydroxylation sites is 1. The van der Waals surface area contributed by atoms with Crippen molar-refractivity contribution >= 4 is 23.1 Å². The summed E-state index contributed by atoms with van der Waals surface area (Å²) in [5, 5.41) is 6.14. The zero-order valence-corrected chi connectivity index (χ0v) is 16.0. The van der Waals surface area contributed by atoms with Crippen LogP contribution in [-0.4, -0.2) is 22.5 Å². The quantitative estimate of drug-likeness (QED) is 0.765. The minimum atomic E-state index is -0.0548. The van der Waals surface area contributed by atoms with E-state index in [1.165, 1.54) is 16.1 Å². The molecule has 0 N–H and O–H groups in total. The number of carbonyl (C=O) groups excluding carboxylic acids is 1. The standard InChI is InChI=1S/C24H21N3O/c1-15-12-21-23(16(2)19(15)13-17-8-4-3-5-9-17)24(28)27(26-21)22-14-18-10-6-7-11-20(18)25-22/h3-12,19H,13-14H2,1-2H3. The summed E-state index contributed by atoms with van der Waals surface area (Å²) in [6, 6.07) is 18.4. The maximum atomic E-state index is 13.2. The number of aliphatic imine (C=N–C) groups is 1. The van der Waals surface area contributed by atoms with E-state index in [0.29, 0.717) is 12.3 Å². The summed E-state index contributed by atoms with van der Waals surface area (Å²) in [6.07, 6.45) is 3.60. The normalized spacial score (nSPS) is 20.6. The van der Waals surface area contributed by atoms with Crippen molar-refractivity contribution in [3.05, 3.63) is 88.5 Å². The van der Waals surface area contributed by atoms with Crippen LogP contribution in [0.1, 0.15) is 25.0 Å². The topological polar surface area (TPSA) is 45.0 Å². The number of amidine groups is 1. The van der Waals surface area contributed by atoms with Crippen molar-refractivity contribution in [1.29, 1.82) is 0 Å². The number of rotatable bonds is 2. The number of allylic oxidation sites excluding steroid dienone is 3. The van der Waals surface area contributed by atoms with E-state index in [4.69, 9.17) is 0 Å². The van der Waals surface area contributed by atoms with Crippen LogP contribution in [0.2, 0.25) is 0 Å². The van der Waals surface area contributed by atoms with Crippen molar-refractivity contribution in [1.82, 2.24) is 5.01 Å². The Labute approximate surface area is 164 Å². The minimum absolute atomic E-state index is 0.0548. The Morgan fingerprint density at radius 1 is 1.04 bits per heavy atom. The molecule has 2 aliphatic heterocycles. The molecule has 4 nitrogen and oxygen atoms in total. The van der Waals surface area contributed by atoms with Gasteiger partial charge in [0.2, 0.25) is 0 Å². The van der Waals surface area contributed by atoms with Crippen LogP contribution < -0.4 is 0 Å². The molecule has 0 aromatic heterocycles. The van der Waals surface area contributed by atoms with Crippen LogP contribution in [0.15, 0.2) is 87.5 Å². The Kier molecular flexibility index (Phi) is 3.86. The maximum Gasteiger partial charge on any atom is 0.282 e. The number of nitrogens with zero attached hydrogens (tertiary/aromatic N) is 3. The van der Waals surface area contributed by atoms with Crippen LogP contribution in [0, 0.1) is 5.92 Å². The molecule has 1 amide bonds. The third kappa shape index (κ3) is 2.64. The first-order chi connectivity index (χ1) is 13.6. The van der Waals surface area contributed by atoms with E-state index < -0.39 is 0 Å². The van der Waals surface area contributed by atoms with Gasteiger partial charge in [-0.3, -0.25) is 4.79 Å². The van der Waals surface area contributed by atoms with Crippen molar-refractivity contribution in [3.63, 3.8) is 0 Å². The van der Waals surface area contributed by atoms with Gasteiger partial charge < -0.3 is 0 Å². The Morgan fingerprint density at radius 2 is 1.79 bits per heavy atom. The monoisotopic (exact) mass is 367 g/mol. The SMILES string of the molecule is CC1=CC2=NN(C3=Nc4ccccc4C3)C(=O)C2=C(C)C1Cc1ccccc1. The van der Waals surface area contributed by atoms with Gasteiger partial charge in [-0.15, -0.1) is 0 Å². The molecule has 2 aromatic rings. The lowest BCUT2D eigenvalue weighted by Crippen LogP contribution is -2.30. The van der Waals surface area contributed by atoms with Crippen molar-refractivity contribution in [3.8, 4) is 0 Å². The number of amides is 1. The second kappa shape index (κ2) is 6.41. The van der Waals surface area contributed by atoms with Crippen molar-refractivity contribution in [2.24, 2.45) is 16.0 Å². The summed E-state index contributed by atoms with van der Waals surface area (Å²) < 4.78 is 0. The van der Waals surface area contributed by atoms with Crippen LogP contribution in [0.4, 0.5) is 5.69 Å². The molecule has 0 bridgehead atoms. The summed E-state index contributed by atoms with van der Waals surface area (Å²) in [6.45, 7) is 4.20. The maximum absolute atomic E-state index is 13.2. The van der Waals surface area contributed by atoms with Gasteiger partial charge >= 0.3 is 0 Å². The molecule has 0 radical (unpaired) electrons. The van der Waals surface area contributed by atoms with Gasteiger partial charge in [-0.05, 0) is 43.5 Å². The van der Waals surface area contributed by atoms with Gasteiger partial charge in [0.1, 0.15) is 5.84 Å². The highest BCUT2D eigenvalue weighted by Crippen LogP contribution is 2.36. The molecule has 0 saturated heterocycles. The Balaban J connectivity index is 1.47. The Bertz CT molecular complexity index is 1110. The van der Waals surface area contributed by atoms with Crippen LogP contribution in [-0.2, 0) is 17.6 Å². The highest BCUT2D eigenvalue weighted by Gasteiger charge is 2.38. The van der Waals surface area contributed by atoms with Gasteiger partial charge in [-0.2, -0.15) is 10.1 Å². The Hall–Kier alpha value is -3.27. The molecular formula is C24H21N3O. The molecule has 1 aliphatic carbocycles. The van der Waals surface area contributed by atoms with Crippen molar-refractivity contribution < 1.29 is 4.79 Å². The van der Waals surface area contributed by atoms with Crippen LogP contribution >= 0.6 is 0 Å². The summed E-state index contributed by atoms with van der Waals surface area (Å²) >= 11 is 0. The van der Waals surface area contributed by atoms with Gasteiger partial charge in [-0.25, -0.2) is 4.99 Å². The second-order valence-corrected chi connectivity index (χ2v) is 7.62. The van der Waals surface area contributed by atoms with Gasteiger partial charge in [0, 0.05) is 12.3 Å². The van der Waals surface area contributed by atoms with E-state index in [1.54, 1.807) is 0 Å². The first-order valence-electron chi connectivity index (χ1n) is 9.63. The number of hydrazone groups is 1. The summed E-state index contributed by atoms with van der Waals surface area (Å²) in [5.41, 5.74) is 7.20. The summed E-state index contributed by atoms with van der Waals surface area (Å²) in [5.74, 6) is 0.878.